The highest BCUT2D eigenvalue weighted by molar-refractivity contribution is 6.33. The minimum absolute atomic E-state index is 0.164. The third-order valence-electron chi connectivity index (χ3n) is 3.87. The molecule has 1 heterocycles. The van der Waals surface area contributed by atoms with Gasteiger partial charge in [-0.05, 0) is 25.8 Å². The zero-order chi connectivity index (χ0) is 16.3. The molecule has 1 fully saturated rings. The van der Waals surface area contributed by atoms with Crippen LogP contribution in [0.1, 0.15) is 30.1 Å². The predicted molar refractivity (Wildman–Crippen MR) is 87.9 cm³/mol. The van der Waals surface area contributed by atoms with Crippen LogP contribution in [0.4, 0.5) is 5.69 Å². The Morgan fingerprint density at radius 1 is 1.59 bits per heavy atom. The lowest BCUT2D eigenvalue weighted by Crippen LogP contribution is -2.42. The second-order valence-corrected chi connectivity index (χ2v) is 5.77. The van der Waals surface area contributed by atoms with Gasteiger partial charge >= 0.3 is 0 Å². The highest BCUT2D eigenvalue weighted by Gasteiger charge is 2.25. The van der Waals surface area contributed by atoms with Crippen LogP contribution in [0.2, 0.25) is 5.02 Å². The lowest BCUT2D eigenvalue weighted by atomic mass is 10.1. The van der Waals surface area contributed by atoms with Crippen LogP contribution in [0.3, 0.4) is 0 Å². The Morgan fingerprint density at radius 2 is 2.32 bits per heavy atom. The van der Waals surface area contributed by atoms with Crippen LogP contribution in [-0.4, -0.2) is 42.9 Å². The fraction of sp³-hybridized carbons (Fsp3) is 0.467. The van der Waals surface area contributed by atoms with Crippen molar-refractivity contribution in [3.05, 3.63) is 22.7 Å². The van der Waals surface area contributed by atoms with Gasteiger partial charge in [-0.3, -0.25) is 10.2 Å². The van der Waals surface area contributed by atoms with Crippen molar-refractivity contribution in [3.63, 3.8) is 0 Å². The molecule has 22 heavy (non-hydrogen) atoms. The molecule has 1 amide bonds. The molecule has 2 rings (SSSR count). The highest BCUT2D eigenvalue weighted by Crippen LogP contribution is 2.28. The van der Waals surface area contributed by atoms with Gasteiger partial charge < -0.3 is 20.7 Å². The number of halogens is 1. The van der Waals surface area contributed by atoms with E-state index in [-0.39, 0.29) is 11.9 Å². The minimum atomic E-state index is -0.256. The van der Waals surface area contributed by atoms with Crippen LogP contribution in [0.5, 0.6) is 5.75 Å². The molecule has 120 valence electrons. The maximum atomic E-state index is 12.4. The summed E-state index contributed by atoms with van der Waals surface area (Å²) in [7, 11) is 1.48. The number of likely N-dealkylation sites (tertiary alicyclic amines) is 1. The quantitative estimate of drug-likeness (QED) is 0.449. The average molecular weight is 325 g/mol. The third kappa shape index (κ3) is 3.44. The Morgan fingerprint density at radius 3 is 2.95 bits per heavy atom. The highest BCUT2D eigenvalue weighted by atomic mass is 35.5. The molecule has 0 aromatic heterocycles. The first kappa shape index (κ1) is 16.4. The van der Waals surface area contributed by atoms with Gasteiger partial charge in [-0.15, -0.1) is 0 Å². The van der Waals surface area contributed by atoms with Crippen molar-refractivity contribution in [2.75, 3.05) is 25.9 Å². The first-order chi connectivity index (χ1) is 10.4. The molecule has 1 atom stereocenters. The summed E-state index contributed by atoms with van der Waals surface area (Å²) >= 11 is 5.98. The van der Waals surface area contributed by atoms with Gasteiger partial charge in [0.25, 0.3) is 5.91 Å². The molecule has 0 aliphatic carbocycles. The van der Waals surface area contributed by atoms with Gasteiger partial charge in [-0.2, -0.15) is 0 Å². The van der Waals surface area contributed by atoms with Crippen molar-refractivity contribution >= 4 is 29.0 Å². The molecule has 7 heteroatoms. The molecule has 1 aliphatic rings. The molecule has 1 aliphatic heterocycles. The zero-order valence-electron chi connectivity index (χ0n) is 12.8. The summed E-state index contributed by atoms with van der Waals surface area (Å²) in [6.45, 7) is 3.12. The van der Waals surface area contributed by atoms with Gasteiger partial charge in [0.05, 0.1) is 29.2 Å². The van der Waals surface area contributed by atoms with E-state index >= 15 is 0 Å². The van der Waals surface area contributed by atoms with E-state index in [1.165, 1.54) is 13.2 Å². The van der Waals surface area contributed by atoms with Crippen molar-refractivity contribution < 1.29 is 9.53 Å². The molecule has 1 aromatic carbocycles. The number of amidine groups is 1. The number of hydrogen-bond acceptors (Lipinski definition) is 4. The second-order valence-electron chi connectivity index (χ2n) is 5.36. The monoisotopic (exact) mass is 324 g/mol. The fourth-order valence-corrected chi connectivity index (χ4v) is 2.87. The van der Waals surface area contributed by atoms with E-state index in [9.17, 15) is 4.79 Å². The number of nitrogen functional groups attached to an aromatic ring is 1. The number of nitrogens with two attached hydrogens (primary N) is 1. The number of nitrogens with one attached hydrogen (secondary N) is 2. The number of benzene rings is 1. The predicted octanol–water partition coefficient (Wildman–Crippen LogP) is 2.12. The van der Waals surface area contributed by atoms with Gasteiger partial charge in [0.2, 0.25) is 0 Å². The fourth-order valence-electron chi connectivity index (χ4n) is 2.71. The van der Waals surface area contributed by atoms with Gasteiger partial charge in [0, 0.05) is 25.2 Å². The third-order valence-corrected chi connectivity index (χ3v) is 4.20. The normalized spacial score (nSPS) is 17.4. The number of nitrogens with zero attached hydrogens (tertiary/aromatic N) is 1. The van der Waals surface area contributed by atoms with Gasteiger partial charge in [0.1, 0.15) is 5.75 Å². The van der Waals surface area contributed by atoms with E-state index in [1.54, 1.807) is 13.0 Å². The average Bonchev–Trinajstić information content (AvgIpc) is 2.95. The summed E-state index contributed by atoms with van der Waals surface area (Å²) in [5.74, 6) is 0.670. The number of amides is 1. The number of hydrogen-bond donors (Lipinski definition) is 3. The largest absolute Gasteiger partial charge is 0.496 e. The molecular formula is C15H21ClN4O2. The summed E-state index contributed by atoms with van der Waals surface area (Å²) < 4.78 is 5.19. The summed E-state index contributed by atoms with van der Waals surface area (Å²) in [5.41, 5.74) is 6.45. The van der Waals surface area contributed by atoms with Crippen LogP contribution in [0.25, 0.3) is 0 Å². The maximum absolute atomic E-state index is 12.4. The summed E-state index contributed by atoms with van der Waals surface area (Å²) in [6.07, 6.45) is 2.00. The Bertz CT molecular complexity index is 591. The van der Waals surface area contributed by atoms with E-state index in [0.717, 1.165) is 19.4 Å². The Labute approximate surface area is 135 Å². The van der Waals surface area contributed by atoms with Crippen molar-refractivity contribution in [1.29, 1.82) is 5.41 Å². The molecule has 0 saturated carbocycles. The van der Waals surface area contributed by atoms with Crippen LogP contribution < -0.4 is 15.8 Å². The van der Waals surface area contributed by atoms with Gasteiger partial charge in [-0.1, -0.05) is 11.6 Å². The van der Waals surface area contributed by atoms with E-state index < -0.39 is 0 Å². The molecule has 1 aromatic rings. The van der Waals surface area contributed by atoms with E-state index in [2.05, 4.69) is 5.32 Å². The second kappa shape index (κ2) is 6.87. The minimum Gasteiger partial charge on any atom is -0.496 e. The first-order valence-corrected chi connectivity index (χ1v) is 7.54. The zero-order valence-corrected chi connectivity index (χ0v) is 13.5. The SMILES string of the molecule is COc1cc(N)c(Cl)cc1C(=O)NCC1CCCN1C(C)=N. The molecule has 6 nitrogen and oxygen atoms in total. The lowest BCUT2D eigenvalue weighted by molar-refractivity contribution is 0.0943. The topological polar surface area (TPSA) is 91.4 Å². The van der Waals surface area contributed by atoms with Crippen molar-refractivity contribution in [3.8, 4) is 5.75 Å². The molecule has 0 bridgehead atoms. The van der Waals surface area contributed by atoms with Crippen molar-refractivity contribution in [2.45, 2.75) is 25.8 Å². The number of carbonyl (C=O) groups excluding carboxylic acids is 1. The van der Waals surface area contributed by atoms with Crippen molar-refractivity contribution in [2.24, 2.45) is 0 Å². The molecular weight excluding hydrogens is 304 g/mol. The number of anilines is 1. The lowest BCUT2D eigenvalue weighted by Gasteiger charge is -2.25. The number of ether oxygens (including phenoxy) is 1. The van der Waals surface area contributed by atoms with Crippen LogP contribution in [0.15, 0.2) is 12.1 Å². The molecule has 0 radical (unpaired) electrons. The number of rotatable bonds is 4. The summed E-state index contributed by atoms with van der Waals surface area (Å²) in [6, 6.07) is 3.22. The van der Waals surface area contributed by atoms with Crippen molar-refractivity contribution in [1.82, 2.24) is 10.2 Å². The van der Waals surface area contributed by atoms with Gasteiger partial charge in [-0.25, -0.2) is 0 Å². The summed E-state index contributed by atoms with van der Waals surface area (Å²) in [4.78, 5) is 14.4. The Balaban J connectivity index is 2.06. The van der Waals surface area contributed by atoms with Crippen LogP contribution >= 0.6 is 11.6 Å². The van der Waals surface area contributed by atoms with E-state index in [4.69, 9.17) is 27.5 Å². The smallest absolute Gasteiger partial charge is 0.255 e. The first-order valence-electron chi connectivity index (χ1n) is 7.17. The molecule has 0 spiro atoms. The molecule has 1 saturated heterocycles. The summed E-state index contributed by atoms with van der Waals surface area (Å²) in [5, 5.41) is 11.0. The van der Waals surface area contributed by atoms with E-state index in [0.29, 0.717) is 34.4 Å². The van der Waals surface area contributed by atoms with Gasteiger partial charge in [0.15, 0.2) is 0 Å². The van der Waals surface area contributed by atoms with E-state index in [1.807, 2.05) is 4.90 Å². The Hall–Kier alpha value is -1.95. The Kier molecular flexibility index (Phi) is 5.13. The standard InChI is InChI=1S/C15H21ClN4O2/c1-9(17)20-5-3-4-10(20)8-19-15(21)11-6-12(16)13(18)7-14(11)22-2/h6-7,10,17H,3-5,8,18H2,1-2H3,(H,19,21). The molecule has 4 N–H and O–H groups in total. The molecule has 1 unspecified atom stereocenters. The number of carbonyl (C=O) groups is 1. The van der Waals surface area contributed by atoms with Crippen LogP contribution in [-0.2, 0) is 0 Å². The number of methoxy groups -OCH3 is 1. The maximum Gasteiger partial charge on any atom is 0.255 e. The van der Waals surface area contributed by atoms with Crippen LogP contribution in [0, 0.1) is 5.41 Å².